The molecule has 0 radical (unpaired) electrons. The van der Waals surface area contributed by atoms with Crippen LogP contribution < -0.4 is 5.32 Å². The van der Waals surface area contributed by atoms with Gasteiger partial charge in [0.15, 0.2) is 0 Å². The highest BCUT2D eigenvalue weighted by Crippen LogP contribution is 2.22. The van der Waals surface area contributed by atoms with E-state index in [0.717, 1.165) is 49.2 Å². The number of halogens is 1. The molecule has 128 valence electrons. The highest BCUT2D eigenvalue weighted by Gasteiger charge is 2.30. The molecule has 2 aromatic rings. The van der Waals surface area contributed by atoms with Crippen molar-refractivity contribution in [3.05, 3.63) is 41.7 Å². The van der Waals surface area contributed by atoms with E-state index in [0.29, 0.717) is 24.0 Å². The molecule has 5 nitrogen and oxygen atoms in total. The van der Waals surface area contributed by atoms with Crippen molar-refractivity contribution in [2.24, 2.45) is 0 Å². The van der Waals surface area contributed by atoms with Gasteiger partial charge >= 0.3 is 0 Å². The Labute approximate surface area is 147 Å². The van der Waals surface area contributed by atoms with Crippen LogP contribution in [-0.4, -0.2) is 46.5 Å². The van der Waals surface area contributed by atoms with Crippen molar-refractivity contribution in [3.8, 4) is 0 Å². The highest BCUT2D eigenvalue weighted by molar-refractivity contribution is 6.31. The molecule has 0 spiro atoms. The van der Waals surface area contributed by atoms with E-state index in [1.807, 2.05) is 29.2 Å². The van der Waals surface area contributed by atoms with Crippen molar-refractivity contribution in [1.29, 1.82) is 0 Å². The van der Waals surface area contributed by atoms with Crippen molar-refractivity contribution >= 4 is 28.5 Å². The average molecular weight is 347 g/mol. The van der Waals surface area contributed by atoms with E-state index in [4.69, 9.17) is 11.6 Å². The molecule has 0 saturated carbocycles. The Morgan fingerprint density at radius 1 is 1.50 bits per heavy atom. The van der Waals surface area contributed by atoms with E-state index < -0.39 is 0 Å². The van der Waals surface area contributed by atoms with Gasteiger partial charge in [-0.25, -0.2) is 4.98 Å². The third-order valence-corrected chi connectivity index (χ3v) is 4.71. The SMILES string of the molecule is C=CCNCCC1CCC(=O)N1CCc1nc2ccc(Cl)cc2[nH]1. The fourth-order valence-electron chi connectivity index (χ4n) is 3.25. The Bertz CT molecular complexity index is 727. The summed E-state index contributed by atoms with van der Waals surface area (Å²) in [6.45, 7) is 6.12. The van der Waals surface area contributed by atoms with Crippen LogP contribution in [0.4, 0.5) is 0 Å². The minimum Gasteiger partial charge on any atom is -0.342 e. The molecule has 6 heteroatoms. The summed E-state index contributed by atoms with van der Waals surface area (Å²) in [5.41, 5.74) is 1.85. The molecule has 24 heavy (non-hydrogen) atoms. The first-order valence-corrected chi connectivity index (χ1v) is 8.80. The van der Waals surface area contributed by atoms with Gasteiger partial charge in [-0.3, -0.25) is 4.79 Å². The van der Waals surface area contributed by atoms with Crippen molar-refractivity contribution in [3.63, 3.8) is 0 Å². The van der Waals surface area contributed by atoms with Gasteiger partial charge in [0, 0.05) is 37.0 Å². The van der Waals surface area contributed by atoms with Gasteiger partial charge in [-0.2, -0.15) is 0 Å². The van der Waals surface area contributed by atoms with Crippen LogP contribution >= 0.6 is 11.6 Å². The van der Waals surface area contributed by atoms with Crippen LogP contribution in [0.2, 0.25) is 5.02 Å². The summed E-state index contributed by atoms with van der Waals surface area (Å²) < 4.78 is 0. The average Bonchev–Trinajstić information content (AvgIpc) is 3.12. The molecule has 3 rings (SSSR count). The lowest BCUT2D eigenvalue weighted by Gasteiger charge is -2.24. The van der Waals surface area contributed by atoms with Crippen molar-refractivity contribution in [1.82, 2.24) is 20.2 Å². The smallest absolute Gasteiger partial charge is 0.222 e. The van der Waals surface area contributed by atoms with Crippen LogP contribution in [0.1, 0.15) is 25.1 Å². The summed E-state index contributed by atoms with van der Waals surface area (Å²) in [6, 6.07) is 5.95. The van der Waals surface area contributed by atoms with E-state index >= 15 is 0 Å². The number of benzene rings is 1. The van der Waals surface area contributed by atoms with E-state index in [2.05, 4.69) is 21.9 Å². The zero-order valence-corrected chi connectivity index (χ0v) is 14.5. The quantitative estimate of drug-likeness (QED) is 0.570. The molecule has 1 aliphatic rings. The number of carbonyl (C=O) groups is 1. The van der Waals surface area contributed by atoms with Gasteiger partial charge in [0.05, 0.1) is 11.0 Å². The normalized spacial score (nSPS) is 17.8. The maximum atomic E-state index is 12.2. The summed E-state index contributed by atoms with van der Waals surface area (Å²) in [5, 5.41) is 4.00. The van der Waals surface area contributed by atoms with Gasteiger partial charge in [0.25, 0.3) is 0 Å². The number of imidazole rings is 1. The first-order chi connectivity index (χ1) is 11.7. The molecular formula is C18H23ClN4O. The van der Waals surface area contributed by atoms with E-state index in [1.165, 1.54) is 0 Å². The minimum absolute atomic E-state index is 0.253. The topological polar surface area (TPSA) is 61.0 Å². The first kappa shape index (κ1) is 17.0. The molecule has 0 bridgehead atoms. The molecule has 1 atom stereocenters. The Kier molecular flexibility index (Phi) is 5.53. The number of nitrogens with zero attached hydrogens (tertiary/aromatic N) is 2. The number of hydrogen-bond acceptors (Lipinski definition) is 3. The fraction of sp³-hybridized carbons (Fsp3) is 0.444. The number of likely N-dealkylation sites (tertiary alicyclic amines) is 1. The van der Waals surface area contributed by atoms with Gasteiger partial charge in [-0.05, 0) is 37.6 Å². The van der Waals surface area contributed by atoms with Crippen LogP contribution in [0.15, 0.2) is 30.9 Å². The lowest BCUT2D eigenvalue weighted by molar-refractivity contribution is -0.129. The molecule has 2 N–H and O–H groups in total. The maximum absolute atomic E-state index is 12.2. The van der Waals surface area contributed by atoms with Crippen LogP contribution in [-0.2, 0) is 11.2 Å². The zero-order chi connectivity index (χ0) is 16.9. The number of fused-ring (bicyclic) bond motifs is 1. The highest BCUT2D eigenvalue weighted by atomic mass is 35.5. The van der Waals surface area contributed by atoms with Gasteiger partial charge in [-0.15, -0.1) is 6.58 Å². The maximum Gasteiger partial charge on any atom is 0.222 e. The number of amides is 1. The standard InChI is InChI=1S/C18H23ClN4O/c1-2-9-20-10-7-14-4-6-18(24)23(14)11-8-17-21-15-5-3-13(19)12-16(15)22-17/h2-3,5,12,14,20H,1,4,6-11H2,(H,21,22). The number of aromatic nitrogens is 2. The third-order valence-electron chi connectivity index (χ3n) is 4.48. The van der Waals surface area contributed by atoms with E-state index in [9.17, 15) is 4.79 Å². The molecule has 1 aromatic heterocycles. The van der Waals surface area contributed by atoms with Crippen LogP contribution in [0, 0.1) is 0 Å². The van der Waals surface area contributed by atoms with Crippen molar-refractivity contribution in [2.45, 2.75) is 31.7 Å². The largest absolute Gasteiger partial charge is 0.342 e. The number of carbonyl (C=O) groups excluding carboxylic acids is 1. The van der Waals surface area contributed by atoms with Crippen LogP contribution in [0.25, 0.3) is 11.0 Å². The molecule has 1 unspecified atom stereocenters. The molecule has 0 aliphatic carbocycles. The van der Waals surface area contributed by atoms with Crippen LogP contribution in [0.5, 0.6) is 0 Å². The Morgan fingerprint density at radius 3 is 3.21 bits per heavy atom. The van der Waals surface area contributed by atoms with Gasteiger partial charge < -0.3 is 15.2 Å². The molecule has 1 aromatic carbocycles. The zero-order valence-electron chi connectivity index (χ0n) is 13.7. The second-order valence-electron chi connectivity index (χ2n) is 6.16. The van der Waals surface area contributed by atoms with Crippen molar-refractivity contribution in [2.75, 3.05) is 19.6 Å². The second-order valence-corrected chi connectivity index (χ2v) is 6.59. The lowest BCUT2D eigenvalue weighted by atomic mass is 10.1. The molecule has 1 saturated heterocycles. The van der Waals surface area contributed by atoms with Crippen molar-refractivity contribution < 1.29 is 4.79 Å². The summed E-state index contributed by atoms with van der Waals surface area (Å²) in [4.78, 5) is 22.0. The summed E-state index contributed by atoms with van der Waals surface area (Å²) >= 11 is 6.01. The number of nitrogens with one attached hydrogen (secondary N) is 2. The number of hydrogen-bond donors (Lipinski definition) is 2. The Morgan fingerprint density at radius 2 is 2.38 bits per heavy atom. The van der Waals surface area contributed by atoms with Gasteiger partial charge in [-0.1, -0.05) is 17.7 Å². The Hall–Kier alpha value is -1.85. The lowest BCUT2D eigenvalue weighted by Crippen LogP contribution is -2.36. The number of H-pyrrole nitrogens is 1. The predicted molar refractivity (Wildman–Crippen MR) is 97.2 cm³/mol. The third kappa shape index (κ3) is 3.97. The van der Waals surface area contributed by atoms with E-state index in [-0.39, 0.29) is 5.91 Å². The van der Waals surface area contributed by atoms with Crippen LogP contribution in [0.3, 0.4) is 0 Å². The predicted octanol–water partition coefficient (Wildman–Crippen LogP) is 2.92. The summed E-state index contributed by atoms with van der Waals surface area (Å²) in [5.74, 6) is 1.15. The first-order valence-electron chi connectivity index (χ1n) is 8.42. The monoisotopic (exact) mass is 346 g/mol. The van der Waals surface area contributed by atoms with Gasteiger partial charge in [0.2, 0.25) is 5.91 Å². The molecule has 1 amide bonds. The molecule has 1 aliphatic heterocycles. The number of aromatic amines is 1. The fourth-order valence-corrected chi connectivity index (χ4v) is 3.42. The van der Waals surface area contributed by atoms with E-state index in [1.54, 1.807) is 0 Å². The minimum atomic E-state index is 0.253. The van der Waals surface area contributed by atoms with Gasteiger partial charge in [0.1, 0.15) is 5.82 Å². The molecular weight excluding hydrogens is 324 g/mol. The number of rotatable bonds is 8. The second kappa shape index (κ2) is 7.81. The summed E-state index contributed by atoms with van der Waals surface area (Å²) in [6.07, 6.45) is 5.17. The molecule has 1 fully saturated rings. The Balaban J connectivity index is 1.58. The molecule has 2 heterocycles. The summed E-state index contributed by atoms with van der Waals surface area (Å²) in [7, 11) is 0.